The third-order valence-electron chi connectivity index (χ3n) is 6.59. The lowest BCUT2D eigenvalue weighted by molar-refractivity contribution is -0.143. The van der Waals surface area contributed by atoms with Crippen molar-refractivity contribution < 1.29 is 19.1 Å². The molecule has 10 heteroatoms. The number of carbonyl (C=O) groups excluding carboxylic acids is 3. The highest BCUT2D eigenvalue weighted by molar-refractivity contribution is 7.12. The summed E-state index contributed by atoms with van der Waals surface area (Å²) < 4.78 is 5.44. The minimum Gasteiger partial charge on any atom is -0.379 e. The van der Waals surface area contributed by atoms with E-state index < -0.39 is 6.04 Å². The zero-order valence-electron chi connectivity index (χ0n) is 18.7. The van der Waals surface area contributed by atoms with Crippen LogP contribution >= 0.6 is 11.3 Å². The highest BCUT2D eigenvalue weighted by atomic mass is 32.1. The second kappa shape index (κ2) is 10.7. The van der Waals surface area contributed by atoms with Crippen molar-refractivity contribution in [3.63, 3.8) is 0 Å². The number of nitrogens with one attached hydrogen (secondary N) is 1. The minimum atomic E-state index is -0.502. The molecular weight excluding hydrogens is 430 g/mol. The van der Waals surface area contributed by atoms with Gasteiger partial charge in [0.15, 0.2) is 0 Å². The van der Waals surface area contributed by atoms with Crippen molar-refractivity contribution in [2.75, 3.05) is 72.1 Å². The van der Waals surface area contributed by atoms with E-state index in [4.69, 9.17) is 4.74 Å². The second-order valence-electron chi connectivity index (χ2n) is 8.58. The van der Waals surface area contributed by atoms with Gasteiger partial charge in [0.2, 0.25) is 11.8 Å². The first-order valence-electron chi connectivity index (χ1n) is 11.5. The molecule has 32 heavy (non-hydrogen) atoms. The molecule has 3 fully saturated rings. The third-order valence-corrected chi connectivity index (χ3v) is 7.45. The first-order valence-corrected chi connectivity index (χ1v) is 12.3. The summed E-state index contributed by atoms with van der Waals surface area (Å²) >= 11 is 1.43. The van der Waals surface area contributed by atoms with E-state index in [-0.39, 0.29) is 23.8 Å². The Bertz CT molecular complexity index is 792. The maximum atomic E-state index is 13.4. The second-order valence-corrected chi connectivity index (χ2v) is 9.53. The van der Waals surface area contributed by atoms with E-state index in [0.29, 0.717) is 50.7 Å². The molecule has 0 aromatic carbocycles. The highest BCUT2D eigenvalue weighted by Gasteiger charge is 2.43. The summed E-state index contributed by atoms with van der Waals surface area (Å²) in [6, 6.07) is 3.05. The molecule has 0 radical (unpaired) electrons. The molecule has 3 saturated heterocycles. The third kappa shape index (κ3) is 5.31. The van der Waals surface area contributed by atoms with Crippen LogP contribution in [0.1, 0.15) is 23.0 Å². The normalized spacial score (nSPS) is 24.5. The molecule has 9 nitrogen and oxygen atoms in total. The molecule has 2 atom stereocenters. The quantitative estimate of drug-likeness (QED) is 0.637. The zero-order chi connectivity index (χ0) is 22.5. The van der Waals surface area contributed by atoms with Crippen LogP contribution in [0.5, 0.6) is 0 Å². The molecule has 3 amide bonds. The number of ether oxygens (including phenoxy) is 1. The van der Waals surface area contributed by atoms with Gasteiger partial charge in [-0.15, -0.1) is 11.3 Å². The van der Waals surface area contributed by atoms with Crippen LogP contribution in [0.4, 0.5) is 0 Å². The van der Waals surface area contributed by atoms with Crippen molar-refractivity contribution in [1.82, 2.24) is 24.9 Å². The Morgan fingerprint density at radius 2 is 1.94 bits per heavy atom. The molecule has 1 aromatic rings. The van der Waals surface area contributed by atoms with Crippen molar-refractivity contribution in [3.05, 3.63) is 22.4 Å². The lowest BCUT2D eigenvalue weighted by Crippen LogP contribution is -2.53. The van der Waals surface area contributed by atoms with Gasteiger partial charge in [0.1, 0.15) is 6.04 Å². The molecule has 0 bridgehead atoms. The van der Waals surface area contributed by atoms with Crippen LogP contribution in [0.25, 0.3) is 0 Å². The van der Waals surface area contributed by atoms with Gasteiger partial charge in [0.05, 0.1) is 24.1 Å². The Morgan fingerprint density at radius 1 is 1.19 bits per heavy atom. The summed E-state index contributed by atoms with van der Waals surface area (Å²) in [5.41, 5.74) is 0. The molecule has 176 valence electrons. The van der Waals surface area contributed by atoms with Crippen molar-refractivity contribution in [1.29, 1.82) is 0 Å². The van der Waals surface area contributed by atoms with E-state index >= 15 is 0 Å². The monoisotopic (exact) mass is 463 g/mol. The van der Waals surface area contributed by atoms with Gasteiger partial charge in [0, 0.05) is 65.8 Å². The predicted octanol–water partition coefficient (Wildman–Crippen LogP) is -0.0563. The topological polar surface area (TPSA) is 85.4 Å². The van der Waals surface area contributed by atoms with Gasteiger partial charge in [-0.2, -0.15) is 0 Å². The molecule has 0 aliphatic carbocycles. The Hall–Kier alpha value is -2.01. The summed E-state index contributed by atoms with van der Waals surface area (Å²) in [6.45, 7) is 9.22. The van der Waals surface area contributed by atoms with Crippen LogP contribution in [-0.4, -0.2) is 122 Å². The van der Waals surface area contributed by atoms with Crippen molar-refractivity contribution in [2.24, 2.45) is 0 Å². The molecule has 0 spiro atoms. The van der Waals surface area contributed by atoms with Crippen LogP contribution in [0.3, 0.4) is 0 Å². The summed E-state index contributed by atoms with van der Waals surface area (Å²) in [5, 5.41) is 5.16. The summed E-state index contributed by atoms with van der Waals surface area (Å²) in [4.78, 5) is 47.5. The lowest BCUT2D eigenvalue weighted by atomic mass is 10.1. The van der Waals surface area contributed by atoms with E-state index in [0.717, 1.165) is 32.7 Å². The number of nitrogens with zero attached hydrogens (tertiary/aromatic N) is 4. The van der Waals surface area contributed by atoms with E-state index in [2.05, 4.69) is 10.2 Å². The molecule has 1 N–H and O–H groups in total. The number of thiophene rings is 1. The average molecular weight is 464 g/mol. The number of likely N-dealkylation sites (tertiary alicyclic amines) is 1. The fraction of sp³-hybridized carbons (Fsp3) is 0.682. The fourth-order valence-electron chi connectivity index (χ4n) is 4.78. The average Bonchev–Trinajstić information content (AvgIpc) is 3.51. The summed E-state index contributed by atoms with van der Waals surface area (Å²) in [6.07, 6.45) is 0.489. The number of hydrogen-bond acceptors (Lipinski definition) is 7. The van der Waals surface area contributed by atoms with Crippen LogP contribution in [-0.2, 0) is 14.3 Å². The Labute approximate surface area is 193 Å². The summed E-state index contributed by atoms with van der Waals surface area (Å²) in [5.74, 6) is -0.129. The number of piperazine rings is 1. The Kier molecular flexibility index (Phi) is 7.77. The van der Waals surface area contributed by atoms with E-state index in [9.17, 15) is 14.4 Å². The number of hydrogen-bond donors (Lipinski definition) is 1. The molecule has 4 heterocycles. The molecule has 3 aliphatic heterocycles. The van der Waals surface area contributed by atoms with Crippen molar-refractivity contribution in [2.45, 2.75) is 25.4 Å². The smallest absolute Gasteiger partial charge is 0.264 e. The molecule has 1 aromatic heterocycles. The number of rotatable bonds is 6. The molecule has 0 saturated carbocycles. The number of morpholine rings is 1. The van der Waals surface area contributed by atoms with Crippen LogP contribution < -0.4 is 5.32 Å². The first-order chi connectivity index (χ1) is 15.5. The van der Waals surface area contributed by atoms with Crippen molar-refractivity contribution in [3.8, 4) is 0 Å². The molecule has 2 unspecified atom stereocenters. The maximum Gasteiger partial charge on any atom is 0.264 e. The Balaban J connectivity index is 1.50. The van der Waals surface area contributed by atoms with Gasteiger partial charge in [-0.05, 0) is 17.9 Å². The van der Waals surface area contributed by atoms with Crippen LogP contribution in [0.15, 0.2) is 17.5 Å². The molecule has 4 rings (SSSR count). The van der Waals surface area contributed by atoms with Crippen LogP contribution in [0, 0.1) is 0 Å². The Morgan fingerprint density at radius 3 is 2.59 bits per heavy atom. The maximum absolute atomic E-state index is 13.4. The number of amides is 3. The zero-order valence-corrected chi connectivity index (χ0v) is 19.5. The van der Waals surface area contributed by atoms with Crippen molar-refractivity contribution >= 4 is 29.1 Å². The van der Waals surface area contributed by atoms with Gasteiger partial charge < -0.3 is 24.8 Å². The minimum absolute atomic E-state index is 0.000835. The SMILES string of the molecule is CC(=O)N1CC(N(CCN2CCOCC2)C(=O)c2cccs2)CC1C(=O)N1CCNCC1. The van der Waals surface area contributed by atoms with Gasteiger partial charge >= 0.3 is 0 Å². The molecular formula is C22H33N5O4S. The van der Waals surface area contributed by atoms with Crippen LogP contribution in [0.2, 0.25) is 0 Å². The van der Waals surface area contributed by atoms with Gasteiger partial charge in [-0.3, -0.25) is 19.3 Å². The van der Waals surface area contributed by atoms with E-state index in [1.54, 1.807) is 4.90 Å². The van der Waals surface area contributed by atoms with E-state index in [1.165, 1.54) is 18.3 Å². The standard InChI is InChI=1S/C22H33N5O4S/c1-17(28)27-16-18(15-19(27)21(29)25-6-4-23-5-7-25)26(22(30)20-3-2-14-32-20)9-8-24-10-12-31-13-11-24/h2-3,14,18-19,23H,4-13,15-16H2,1H3. The highest BCUT2D eigenvalue weighted by Crippen LogP contribution is 2.26. The largest absolute Gasteiger partial charge is 0.379 e. The van der Waals surface area contributed by atoms with E-state index in [1.807, 2.05) is 27.3 Å². The van der Waals surface area contributed by atoms with Gasteiger partial charge in [-0.25, -0.2) is 0 Å². The predicted molar refractivity (Wildman–Crippen MR) is 122 cm³/mol. The van der Waals surface area contributed by atoms with Gasteiger partial charge in [0.25, 0.3) is 5.91 Å². The lowest BCUT2D eigenvalue weighted by Gasteiger charge is -2.33. The fourth-order valence-corrected chi connectivity index (χ4v) is 5.46. The molecule has 3 aliphatic rings. The van der Waals surface area contributed by atoms with Gasteiger partial charge in [-0.1, -0.05) is 6.07 Å². The number of carbonyl (C=O) groups is 3. The summed E-state index contributed by atoms with van der Waals surface area (Å²) in [7, 11) is 0. The first kappa shape index (κ1) is 23.2.